The molecule has 2 saturated heterocycles. The van der Waals surface area contributed by atoms with E-state index in [1.54, 1.807) is 6.92 Å². The molecule has 7 unspecified atom stereocenters. The molecule has 0 aromatic rings. The number of esters is 2. The SMILES string of the molecule is COC(=O)C12C3C4C(C([13CH3])O)(OC31C)C42C(=O)OC. The molecule has 19 heavy (non-hydrogen) atoms. The Kier molecular flexibility index (Phi) is 1.56. The third kappa shape index (κ3) is 0.614. The molecule has 6 heteroatoms. The van der Waals surface area contributed by atoms with Crippen molar-refractivity contribution in [1.82, 2.24) is 0 Å². The van der Waals surface area contributed by atoms with Crippen LogP contribution in [0.1, 0.15) is 13.8 Å². The van der Waals surface area contributed by atoms with Gasteiger partial charge >= 0.3 is 11.9 Å². The minimum Gasteiger partial charge on any atom is -0.468 e. The van der Waals surface area contributed by atoms with E-state index in [2.05, 4.69) is 0 Å². The number of hydrogen-bond acceptors (Lipinski definition) is 6. The highest BCUT2D eigenvalue weighted by Gasteiger charge is 3.22. The molecular weight excluding hydrogens is 253 g/mol. The molecule has 5 aliphatic rings. The number of carbonyl (C=O) groups is 2. The van der Waals surface area contributed by atoms with Gasteiger partial charge in [0.2, 0.25) is 0 Å². The maximum atomic E-state index is 12.3. The molecule has 2 aliphatic heterocycles. The molecule has 3 aliphatic carbocycles. The van der Waals surface area contributed by atoms with E-state index in [1.165, 1.54) is 14.2 Å². The number of aliphatic hydroxyl groups excluding tert-OH is 1. The van der Waals surface area contributed by atoms with Crippen LogP contribution in [0, 0.1) is 22.7 Å². The number of carbonyl (C=O) groups excluding carboxylic acids is 2. The van der Waals surface area contributed by atoms with Gasteiger partial charge in [0.1, 0.15) is 16.4 Å². The largest absolute Gasteiger partial charge is 0.468 e. The summed E-state index contributed by atoms with van der Waals surface area (Å²) in [6.45, 7) is 3.42. The lowest BCUT2D eigenvalue weighted by Gasteiger charge is -2.30. The van der Waals surface area contributed by atoms with Crippen molar-refractivity contribution in [2.45, 2.75) is 31.2 Å². The molecule has 3 saturated carbocycles. The molecule has 0 radical (unpaired) electrons. The summed E-state index contributed by atoms with van der Waals surface area (Å²) in [6.07, 6.45) is -0.824. The van der Waals surface area contributed by atoms with Gasteiger partial charge in [-0.1, -0.05) is 0 Å². The monoisotopic (exact) mass is 269 g/mol. The fraction of sp³-hybridized carbons (Fsp3) is 0.846. The van der Waals surface area contributed by atoms with Crippen molar-refractivity contribution in [3.05, 3.63) is 0 Å². The quantitative estimate of drug-likeness (QED) is 0.549. The third-order valence-corrected chi connectivity index (χ3v) is 6.19. The van der Waals surface area contributed by atoms with Crippen LogP contribution >= 0.6 is 0 Å². The Hall–Kier alpha value is -1.14. The molecule has 0 aromatic carbocycles. The molecule has 7 atom stereocenters. The molecule has 1 N–H and O–H groups in total. The molecule has 6 nitrogen and oxygen atoms in total. The summed E-state index contributed by atoms with van der Waals surface area (Å²) in [5.41, 5.74) is -3.66. The maximum absolute atomic E-state index is 12.3. The van der Waals surface area contributed by atoms with E-state index in [4.69, 9.17) is 14.2 Å². The van der Waals surface area contributed by atoms with Crippen LogP contribution < -0.4 is 0 Å². The molecule has 5 rings (SSSR count). The molecule has 2 heterocycles. The smallest absolute Gasteiger partial charge is 0.316 e. The minimum atomic E-state index is -1.05. The summed E-state index contributed by atoms with van der Waals surface area (Å²) in [6, 6.07) is 0. The van der Waals surface area contributed by atoms with Crippen LogP contribution in [0.4, 0.5) is 0 Å². The molecule has 0 amide bonds. The lowest BCUT2D eigenvalue weighted by atomic mass is 9.71. The zero-order chi connectivity index (χ0) is 14.0. The Morgan fingerprint density at radius 1 is 1.16 bits per heavy atom. The standard InChI is InChI=1S/C13H16O6/c1-5(14)13-7-6-10(2,19-13)11(6,8(15)17-3)12(7,13)9(16)18-4/h5-7,14H,1-4H3/i1+1. The van der Waals surface area contributed by atoms with Crippen LogP contribution in [-0.2, 0) is 23.8 Å². The zero-order valence-corrected chi connectivity index (χ0v) is 11.2. The van der Waals surface area contributed by atoms with Gasteiger partial charge in [0.05, 0.1) is 25.9 Å². The average Bonchev–Trinajstić information content (AvgIpc) is 2.93. The predicted octanol–water partition coefficient (Wildman–Crippen LogP) is -0.513. The molecule has 2 bridgehead atoms. The lowest BCUT2D eigenvalue weighted by molar-refractivity contribution is -0.169. The number of methoxy groups -OCH3 is 2. The van der Waals surface area contributed by atoms with Crippen molar-refractivity contribution in [3.8, 4) is 0 Å². The maximum Gasteiger partial charge on any atom is 0.316 e. The van der Waals surface area contributed by atoms with Crippen molar-refractivity contribution in [2.75, 3.05) is 14.2 Å². The summed E-state index contributed by atoms with van der Waals surface area (Å²) in [5.74, 6) is -1.07. The van der Waals surface area contributed by atoms with E-state index in [9.17, 15) is 14.7 Å². The van der Waals surface area contributed by atoms with E-state index < -0.39 is 40.1 Å². The number of ether oxygens (including phenoxy) is 3. The first kappa shape index (κ1) is 11.7. The predicted molar refractivity (Wildman–Crippen MR) is 59.8 cm³/mol. The minimum absolute atomic E-state index is 0.0406. The first-order chi connectivity index (χ1) is 8.85. The van der Waals surface area contributed by atoms with Crippen LogP contribution in [0.5, 0.6) is 0 Å². The van der Waals surface area contributed by atoms with E-state index >= 15 is 0 Å². The second-order valence-electron chi connectivity index (χ2n) is 6.23. The molecule has 0 spiro atoms. The number of aliphatic hydroxyl groups is 1. The summed E-state index contributed by atoms with van der Waals surface area (Å²) < 4.78 is 15.8. The van der Waals surface area contributed by atoms with Crippen molar-refractivity contribution in [1.29, 1.82) is 0 Å². The lowest BCUT2D eigenvalue weighted by Crippen LogP contribution is -2.47. The Bertz CT molecular complexity index is 543. The Labute approximate surface area is 110 Å². The zero-order valence-electron chi connectivity index (χ0n) is 11.2. The molecule has 104 valence electrons. The van der Waals surface area contributed by atoms with Crippen LogP contribution in [0.25, 0.3) is 0 Å². The average molecular weight is 269 g/mol. The van der Waals surface area contributed by atoms with Gasteiger partial charge in [0, 0.05) is 11.8 Å². The highest BCUT2D eigenvalue weighted by molar-refractivity contribution is 6.05. The first-order valence-electron chi connectivity index (χ1n) is 6.40. The van der Waals surface area contributed by atoms with Crippen molar-refractivity contribution < 1.29 is 28.9 Å². The van der Waals surface area contributed by atoms with Gasteiger partial charge in [0.15, 0.2) is 0 Å². The Morgan fingerprint density at radius 2 is 1.68 bits per heavy atom. The fourth-order valence-corrected chi connectivity index (χ4v) is 5.86. The van der Waals surface area contributed by atoms with Gasteiger partial charge in [-0.2, -0.15) is 0 Å². The van der Waals surface area contributed by atoms with Crippen molar-refractivity contribution in [2.24, 2.45) is 22.7 Å². The van der Waals surface area contributed by atoms with Gasteiger partial charge in [-0.25, -0.2) is 0 Å². The van der Waals surface area contributed by atoms with Gasteiger partial charge in [-0.3, -0.25) is 9.59 Å². The van der Waals surface area contributed by atoms with Gasteiger partial charge < -0.3 is 19.3 Å². The summed E-state index contributed by atoms with van der Waals surface area (Å²) in [7, 11) is 2.60. The van der Waals surface area contributed by atoms with E-state index in [1.807, 2.05) is 6.92 Å². The van der Waals surface area contributed by atoms with Crippen molar-refractivity contribution in [3.63, 3.8) is 0 Å². The highest BCUT2D eigenvalue weighted by Crippen LogP contribution is 3.07. The molecule has 5 fully saturated rings. The summed E-state index contributed by atoms with van der Waals surface area (Å²) >= 11 is 0. The fourth-order valence-electron chi connectivity index (χ4n) is 5.86. The van der Waals surface area contributed by atoms with Gasteiger partial charge in [0.25, 0.3) is 0 Å². The van der Waals surface area contributed by atoms with Crippen LogP contribution in [-0.4, -0.2) is 48.6 Å². The topological polar surface area (TPSA) is 82.1 Å². The Morgan fingerprint density at radius 3 is 2.05 bits per heavy atom. The normalized spacial score (nSPS) is 59.6. The van der Waals surface area contributed by atoms with Gasteiger partial charge in [-0.05, 0) is 13.8 Å². The number of rotatable bonds is 3. The molecule has 0 aromatic heterocycles. The van der Waals surface area contributed by atoms with E-state index in [-0.39, 0.29) is 11.8 Å². The second kappa shape index (κ2) is 2.54. The van der Waals surface area contributed by atoms with Crippen LogP contribution in [0.2, 0.25) is 0 Å². The molecular formula is C13H16O6. The third-order valence-electron chi connectivity index (χ3n) is 6.19. The first-order valence-corrected chi connectivity index (χ1v) is 6.40. The number of hydrogen-bond donors (Lipinski definition) is 1. The highest BCUT2D eigenvalue weighted by atomic mass is 16.6. The second-order valence-corrected chi connectivity index (χ2v) is 6.23. The van der Waals surface area contributed by atoms with E-state index in [0.717, 1.165) is 0 Å². The van der Waals surface area contributed by atoms with Crippen molar-refractivity contribution >= 4 is 11.9 Å². The van der Waals surface area contributed by atoms with Crippen LogP contribution in [0.15, 0.2) is 0 Å². The Balaban J connectivity index is 1.90. The van der Waals surface area contributed by atoms with E-state index in [0.29, 0.717) is 0 Å². The van der Waals surface area contributed by atoms with Crippen LogP contribution in [0.3, 0.4) is 0 Å². The summed E-state index contributed by atoms with van der Waals surface area (Å²) in [5, 5.41) is 10.1. The summed E-state index contributed by atoms with van der Waals surface area (Å²) in [4.78, 5) is 24.5. The van der Waals surface area contributed by atoms with Gasteiger partial charge in [-0.15, -0.1) is 0 Å².